The topological polar surface area (TPSA) is 86.9 Å². The van der Waals surface area contributed by atoms with Crippen LogP contribution in [0.3, 0.4) is 0 Å². The summed E-state index contributed by atoms with van der Waals surface area (Å²) in [6.07, 6.45) is 3.83. The first-order valence-corrected chi connectivity index (χ1v) is 9.96. The standard InChI is InChI=1S/C13H26N4O2S2/c1-5-7-14-9-12-13(11(3)16-17-12)21(18,19)15-8-6-10(2)20-4/h10,14-15H,5-9H2,1-4H3,(H,16,17). The van der Waals surface area contributed by atoms with Gasteiger partial charge in [-0.15, -0.1) is 0 Å². The highest BCUT2D eigenvalue weighted by molar-refractivity contribution is 7.99. The second kappa shape index (κ2) is 8.77. The second-order valence-electron chi connectivity index (χ2n) is 5.03. The molecule has 0 fully saturated rings. The molecule has 0 aliphatic carbocycles. The van der Waals surface area contributed by atoms with E-state index >= 15 is 0 Å². The first kappa shape index (κ1) is 18.5. The van der Waals surface area contributed by atoms with Gasteiger partial charge in [0.1, 0.15) is 4.90 Å². The van der Waals surface area contributed by atoms with Gasteiger partial charge in [0.2, 0.25) is 10.0 Å². The van der Waals surface area contributed by atoms with Crippen molar-refractivity contribution >= 4 is 21.8 Å². The van der Waals surface area contributed by atoms with E-state index in [1.807, 2.05) is 6.26 Å². The Balaban J connectivity index is 2.75. The first-order valence-electron chi connectivity index (χ1n) is 7.19. The highest BCUT2D eigenvalue weighted by atomic mass is 32.2. The molecule has 6 nitrogen and oxygen atoms in total. The number of aryl methyl sites for hydroxylation is 1. The summed E-state index contributed by atoms with van der Waals surface area (Å²) in [4.78, 5) is 0.280. The van der Waals surface area contributed by atoms with Crippen LogP contribution in [0.15, 0.2) is 4.90 Å². The molecule has 3 N–H and O–H groups in total. The van der Waals surface area contributed by atoms with Crippen LogP contribution in [0.2, 0.25) is 0 Å². The maximum atomic E-state index is 12.4. The monoisotopic (exact) mass is 334 g/mol. The minimum atomic E-state index is -3.51. The molecule has 0 bridgehead atoms. The first-order chi connectivity index (χ1) is 9.92. The maximum Gasteiger partial charge on any atom is 0.244 e. The van der Waals surface area contributed by atoms with Gasteiger partial charge >= 0.3 is 0 Å². The van der Waals surface area contributed by atoms with Crippen molar-refractivity contribution in [2.24, 2.45) is 0 Å². The lowest BCUT2D eigenvalue weighted by Gasteiger charge is -2.11. The van der Waals surface area contributed by atoms with Crippen molar-refractivity contribution in [1.82, 2.24) is 20.2 Å². The Labute approximate surface area is 131 Å². The number of nitrogens with zero attached hydrogens (tertiary/aromatic N) is 1. The van der Waals surface area contributed by atoms with Crippen LogP contribution in [0, 0.1) is 6.92 Å². The SMILES string of the molecule is CCCNCc1n[nH]c(C)c1S(=O)(=O)NCCC(C)SC. The lowest BCUT2D eigenvalue weighted by Crippen LogP contribution is -2.28. The van der Waals surface area contributed by atoms with E-state index in [1.165, 1.54) is 0 Å². The molecule has 1 atom stereocenters. The zero-order valence-corrected chi connectivity index (χ0v) is 14.8. The molecule has 0 saturated heterocycles. The molecular weight excluding hydrogens is 308 g/mol. The molecule has 0 aliphatic heterocycles. The lowest BCUT2D eigenvalue weighted by molar-refractivity contribution is 0.575. The van der Waals surface area contributed by atoms with Crippen LogP contribution >= 0.6 is 11.8 Å². The number of thioether (sulfide) groups is 1. The molecule has 1 rings (SSSR count). The molecule has 0 aromatic carbocycles. The van der Waals surface area contributed by atoms with Crippen molar-refractivity contribution in [2.45, 2.75) is 50.3 Å². The summed E-state index contributed by atoms with van der Waals surface area (Å²) in [5.41, 5.74) is 1.13. The van der Waals surface area contributed by atoms with Crippen molar-refractivity contribution in [1.29, 1.82) is 0 Å². The van der Waals surface area contributed by atoms with E-state index in [0.29, 0.717) is 29.7 Å². The number of rotatable bonds is 10. The third kappa shape index (κ3) is 5.61. The normalized spacial score (nSPS) is 13.5. The number of hydrogen-bond acceptors (Lipinski definition) is 5. The van der Waals surface area contributed by atoms with E-state index in [0.717, 1.165) is 19.4 Å². The molecule has 8 heteroatoms. The molecule has 1 heterocycles. The average Bonchev–Trinajstić information content (AvgIpc) is 2.80. The molecule has 0 saturated carbocycles. The van der Waals surface area contributed by atoms with E-state index in [9.17, 15) is 8.42 Å². The van der Waals surface area contributed by atoms with Crippen LogP contribution in [0.4, 0.5) is 0 Å². The van der Waals surface area contributed by atoms with Gasteiger partial charge in [-0.1, -0.05) is 13.8 Å². The van der Waals surface area contributed by atoms with Crippen LogP contribution in [0.25, 0.3) is 0 Å². The Morgan fingerprint density at radius 1 is 1.38 bits per heavy atom. The molecule has 1 unspecified atom stereocenters. The average molecular weight is 335 g/mol. The fraction of sp³-hybridized carbons (Fsp3) is 0.769. The molecule has 0 aliphatic rings. The Morgan fingerprint density at radius 2 is 2.10 bits per heavy atom. The molecular formula is C13H26N4O2S2. The fourth-order valence-corrected chi connectivity index (χ4v) is 3.68. The predicted molar refractivity (Wildman–Crippen MR) is 88.1 cm³/mol. The summed E-state index contributed by atoms with van der Waals surface area (Å²) in [5, 5.41) is 10.5. The van der Waals surface area contributed by atoms with Crippen LogP contribution in [0.5, 0.6) is 0 Å². The molecule has 1 aromatic heterocycles. The minimum Gasteiger partial charge on any atom is -0.311 e. The predicted octanol–water partition coefficient (Wildman–Crippen LogP) is 1.64. The smallest absolute Gasteiger partial charge is 0.244 e. The number of nitrogens with one attached hydrogen (secondary N) is 3. The quantitative estimate of drug-likeness (QED) is 0.566. The van der Waals surface area contributed by atoms with Gasteiger partial charge in [0.25, 0.3) is 0 Å². The summed E-state index contributed by atoms with van der Waals surface area (Å²) in [7, 11) is -3.51. The highest BCUT2D eigenvalue weighted by Crippen LogP contribution is 2.18. The molecule has 1 aromatic rings. The van der Waals surface area contributed by atoms with Gasteiger partial charge in [-0.25, -0.2) is 13.1 Å². The largest absolute Gasteiger partial charge is 0.311 e. The Hall–Kier alpha value is -0.570. The zero-order valence-electron chi connectivity index (χ0n) is 13.2. The van der Waals surface area contributed by atoms with Crippen LogP contribution in [-0.4, -0.2) is 43.2 Å². The second-order valence-corrected chi connectivity index (χ2v) is 8.01. The van der Waals surface area contributed by atoms with Gasteiger partial charge in [0.15, 0.2) is 0 Å². The zero-order chi connectivity index (χ0) is 15.9. The third-order valence-corrected chi connectivity index (χ3v) is 5.90. The minimum absolute atomic E-state index is 0.280. The molecule has 0 amide bonds. The van der Waals surface area contributed by atoms with Crippen LogP contribution < -0.4 is 10.0 Å². The van der Waals surface area contributed by atoms with Gasteiger partial charge in [-0.05, 0) is 32.6 Å². The van der Waals surface area contributed by atoms with Crippen LogP contribution in [0.1, 0.15) is 38.1 Å². The summed E-state index contributed by atoms with van der Waals surface area (Å²) >= 11 is 1.73. The van der Waals surface area contributed by atoms with Crippen molar-refractivity contribution in [3.8, 4) is 0 Å². The van der Waals surface area contributed by atoms with Gasteiger partial charge in [0.05, 0.1) is 11.4 Å². The number of aromatic nitrogens is 2. The van der Waals surface area contributed by atoms with Gasteiger partial charge in [-0.2, -0.15) is 16.9 Å². The van der Waals surface area contributed by atoms with E-state index in [1.54, 1.807) is 18.7 Å². The Morgan fingerprint density at radius 3 is 2.71 bits per heavy atom. The van der Waals surface area contributed by atoms with E-state index < -0.39 is 10.0 Å². The molecule has 0 radical (unpaired) electrons. The number of H-pyrrole nitrogens is 1. The summed E-state index contributed by atoms with van der Waals surface area (Å²) in [6, 6.07) is 0. The van der Waals surface area contributed by atoms with Crippen molar-refractivity contribution < 1.29 is 8.42 Å². The molecule has 21 heavy (non-hydrogen) atoms. The number of sulfonamides is 1. The van der Waals surface area contributed by atoms with E-state index in [-0.39, 0.29) is 4.90 Å². The lowest BCUT2D eigenvalue weighted by atomic mass is 10.3. The van der Waals surface area contributed by atoms with Gasteiger partial charge < -0.3 is 5.32 Å². The number of hydrogen-bond donors (Lipinski definition) is 3. The maximum absolute atomic E-state index is 12.4. The molecule has 122 valence electrons. The van der Waals surface area contributed by atoms with Crippen molar-refractivity contribution in [3.05, 3.63) is 11.4 Å². The van der Waals surface area contributed by atoms with E-state index in [2.05, 4.69) is 34.1 Å². The summed E-state index contributed by atoms with van der Waals surface area (Å²) < 4.78 is 27.5. The van der Waals surface area contributed by atoms with Gasteiger partial charge in [-0.3, -0.25) is 5.10 Å². The van der Waals surface area contributed by atoms with Crippen LogP contribution in [-0.2, 0) is 16.6 Å². The van der Waals surface area contributed by atoms with Crippen molar-refractivity contribution in [2.75, 3.05) is 19.3 Å². The van der Waals surface area contributed by atoms with Crippen molar-refractivity contribution in [3.63, 3.8) is 0 Å². The molecule has 0 spiro atoms. The highest BCUT2D eigenvalue weighted by Gasteiger charge is 2.23. The third-order valence-electron chi connectivity index (χ3n) is 3.19. The van der Waals surface area contributed by atoms with E-state index in [4.69, 9.17) is 0 Å². The fourth-order valence-electron chi connectivity index (χ4n) is 1.92. The Bertz CT molecular complexity index is 528. The summed E-state index contributed by atoms with van der Waals surface area (Å²) in [6.45, 7) is 7.61. The summed E-state index contributed by atoms with van der Waals surface area (Å²) in [5.74, 6) is 0. The number of aromatic amines is 1. The Kier molecular flexibility index (Phi) is 7.72. The van der Waals surface area contributed by atoms with Gasteiger partial charge in [0, 0.05) is 18.3 Å².